The summed E-state index contributed by atoms with van der Waals surface area (Å²) in [6.45, 7) is 9.91. The number of fused-ring (bicyclic) bond motifs is 1. The molecule has 3 heterocycles. The summed E-state index contributed by atoms with van der Waals surface area (Å²) in [6, 6.07) is 9.47. The minimum atomic E-state index is -1.33. The number of aromatic amines is 1. The van der Waals surface area contributed by atoms with E-state index in [1.54, 1.807) is 6.20 Å². The van der Waals surface area contributed by atoms with Gasteiger partial charge in [-0.3, -0.25) is 9.19 Å². The molecule has 0 bridgehead atoms. The Morgan fingerprint density at radius 2 is 1.91 bits per heavy atom. The van der Waals surface area contributed by atoms with Gasteiger partial charge in [-0.25, -0.2) is 4.98 Å². The van der Waals surface area contributed by atoms with Crippen molar-refractivity contribution < 1.29 is 49.4 Å². The Labute approximate surface area is 214 Å². The van der Waals surface area contributed by atoms with Gasteiger partial charge in [0.25, 0.3) is 0 Å². The molecule has 0 aliphatic carbocycles. The topological polar surface area (TPSA) is 86.3 Å². The number of hydrogen-bond acceptors (Lipinski definition) is 6. The van der Waals surface area contributed by atoms with Crippen LogP contribution in [0, 0.1) is 12.3 Å². The molecule has 3 aromatic rings. The number of ether oxygens (including phenoxy) is 3. The van der Waals surface area contributed by atoms with Crippen molar-refractivity contribution in [2.75, 3.05) is 19.8 Å². The smallest absolute Gasteiger partial charge is 1.00 e. The Balaban J connectivity index is 0.00000193. The Bertz CT molecular complexity index is 1070. The molecule has 1 fully saturated rings. The predicted octanol–water partition coefficient (Wildman–Crippen LogP) is 1.25. The third kappa shape index (κ3) is 5.98. The summed E-state index contributed by atoms with van der Waals surface area (Å²) in [5.74, 6) is 0.357. The van der Waals surface area contributed by atoms with Crippen LogP contribution in [-0.2, 0) is 26.0 Å². The Morgan fingerprint density at radius 3 is 2.62 bits per heavy atom. The number of rotatable bonds is 7. The van der Waals surface area contributed by atoms with E-state index in [0.29, 0.717) is 31.4 Å². The molecule has 0 saturated carbocycles. The van der Waals surface area contributed by atoms with Crippen LogP contribution in [0.25, 0.3) is 11.0 Å². The van der Waals surface area contributed by atoms with E-state index >= 15 is 0 Å². The quantitative estimate of drug-likeness (QED) is 0.527. The van der Waals surface area contributed by atoms with Gasteiger partial charge < -0.3 is 20.6 Å². The molecule has 7 nitrogen and oxygen atoms in total. The van der Waals surface area contributed by atoms with Crippen molar-refractivity contribution in [1.82, 2.24) is 15.0 Å². The average molecular weight is 468 g/mol. The standard InChI is InChI=1S/C23H29N3O4S.Na.H/c1-16-19(13-31(27)21-25-17-7-5-6-8-18(17)26-21)24-11-9-20(16)28-12-10-23(4)29-14-22(2,3)15-30-23;;/h5-9,11H,10,12-15H2,1-4H3,(H,25,26);;/q;+1;-1. The van der Waals surface area contributed by atoms with Crippen LogP contribution in [0.15, 0.2) is 41.7 Å². The fourth-order valence-electron chi connectivity index (χ4n) is 3.36. The van der Waals surface area contributed by atoms with E-state index in [4.69, 9.17) is 14.2 Å². The zero-order chi connectivity index (χ0) is 22.1. The number of nitrogens with zero attached hydrogens (tertiary/aromatic N) is 2. The minimum Gasteiger partial charge on any atom is -1.00 e. The van der Waals surface area contributed by atoms with Crippen molar-refractivity contribution in [2.45, 2.75) is 50.8 Å². The number of para-hydroxylation sites is 2. The number of aromatic nitrogens is 3. The molecule has 1 unspecified atom stereocenters. The number of benzene rings is 1. The van der Waals surface area contributed by atoms with Crippen molar-refractivity contribution in [3.05, 3.63) is 47.8 Å². The maximum absolute atomic E-state index is 12.9. The van der Waals surface area contributed by atoms with E-state index in [1.807, 2.05) is 44.2 Å². The molecule has 2 aromatic heterocycles. The molecule has 1 atom stereocenters. The summed E-state index contributed by atoms with van der Waals surface area (Å²) >= 11 is 0. The van der Waals surface area contributed by atoms with Gasteiger partial charge in [-0.05, 0) is 32.0 Å². The maximum atomic E-state index is 12.9. The van der Waals surface area contributed by atoms with Gasteiger partial charge in [-0.1, -0.05) is 26.0 Å². The van der Waals surface area contributed by atoms with E-state index in [2.05, 4.69) is 28.8 Å². The number of pyridine rings is 1. The third-order valence-electron chi connectivity index (χ3n) is 5.46. The summed E-state index contributed by atoms with van der Waals surface area (Å²) in [5, 5.41) is 0.455. The first-order valence-electron chi connectivity index (χ1n) is 10.4. The normalized spacial score (nSPS) is 18.1. The molecular weight excluding hydrogens is 437 g/mol. The minimum absolute atomic E-state index is 0. The first-order chi connectivity index (χ1) is 14.7. The SMILES string of the molecule is Cc1c(OCCC2(C)OCC(C)(C)CO2)ccnc1CS(=O)c1nc2ccccc2[nH]1.[H-].[Na+]. The Morgan fingerprint density at radius 1 is 1.19 bits per heavy atom. The largest absolute Gasteiger partial charge is 1.00 e. The average Bonchev–Trinajstić information content (AvgIpc) is 3.18. The molecule has 1 aliphatic rings. The zero-order valence-corrected chi connectivity index (χ0v) is 22.3. The number of H-pyrrole nitrogens is 1. The van der Waals surface area contributed by atoms with Crippen LogP contribution < -0.4 is 34.3 Å². The van der Waals surface area contributed by atoms with Crippen LogP contribution in [-0.4, -0.2) is 44.8 Å². The number of imidazole rings is 1. The van der Waals surface area contributed by atoms with Gasteiger partial charge in [0.05, 0.1) is 53.1 Å². The summed E-state index contributed by atoms with van der Waals surface area (Å²) in [4.78, 5) is 12.0. The van der Waals surface area contributed by atoms with Crippen molar-refractivity contribution >= 4 is 21.8 Å². The van der Waals surface area contributed by atoms with Crippen LogP contribution in [0.4, 0.5) is 0 Å². The summed E-state index contributed by atoms with van der Waals surface area (Å²) < 4.78 is 30.7. The van der Waals surface area contributed by atoms with Gasteiger partial charge in [0, 0.05) is 23.6 Å². The molecule has 1 saturated heterocycles. The summed E-state index contributed by atoms with van der Waals surface area (Å²) in [5.41, 5.74) is 3.32. The first kappa shape index (κ1) is 25.3. The van der Waals surface area contributed by atoms with Crippen molar-refractivity contribution in [2.24, 2.45) is 5.41 Å². The molecular formula is C23H30N3NaO4S. The fraction of sp³-hybridized carbons (Fsp3) is 0.478. The summed E-state index contributed by atoms with van der Waals surface area (Å²) in [6.07, 6.45) is 2.30. The molecule has 9 heteroatoms. The number of hydrogen-bond donors (Lipinski definition) is 1. The zero-order valence-electron chi connectivity index (χ0n) is 20.4. The van der Waals surface area contributed by atoms with Crippen LogP contribution in [0.5, 0.6) is 5.75 Å². The molecule has 0 radical (unpaired) electrons. The van der Waals surface area contributed by atoms with Gasteiger partial charge in [0.2, 0.25) is 0 Å². The molecule has 1 aromatic carbocycles. The molecule has 0 amide bonds. The van der Waals surface area contributed by atoms with Crippen LogP contribution >= 0.6 is 0 Å². The van der Waals surface area contributed by atoms with Gasteiger partial charge in [-0.2, -0.15) is 0 Å². The third-order valence-corrected chi connectivity index (χ3v) is 6.62. The summed E-state index contributed by atoms with van der Waals surface area (Å²) in [7, 11) is -1.33. The Kier molecular flexibility index (Phi) is 8.17. The molecule has 0 spiro atoms. The molecule has 4 rings (SSSR count). The monoisotopic (exact) mass is 467 g/mol. The van der Waals surface area contributed by atoms with Gasteiger partial charge >= 0.3 is 29.6 Å². The van der Waals surface area contributed by atoms with Crippen LogP contribution in [0.2, 0.25) is 0 Å². The van der Waals surface area contributed by atoms with E-state index in [0.717, 1.165) is 28.0 Å². The fourth-order valence-corrected chi connectivity index (χ4v) is 4.46. The second-order valence-electron chi connectivity index (χ2n) is 8.90. The second-order valence-corrected chi connectivity index (χ2v) is 10.3. The molecule has 1 aliphatic heterocycles. The molecule has 32 heavy (non-hydrogen) atoms. The van der Waals surface area contributed by atoms with Crippen molar-refractivity contribution in [1.29, 1.82) is 0 Å². The number of nitrogens with one attached hydrogen (secondary N) is 1. The van der Waals surface area contributed by atoms with Gasteiger partial charge in [0.15, 0.2) is 10.9 Å². The van der Waals surface area contributed by atoms with E-state index in [9.17, 15) is 4.21 Å². The molecule has 168 valence electrons. The van der Waals surface area contributed by atoms with Crippen LogP contribution in [0.3, 0.4) is 0 Å². The molecule has 1 N–H and O–H groups in total. The van der Waals surface area contributed by atoms with Crippen molar-refractivity contribution in [3.8, 4) is 5.75 Å². The van der Waals surface area contributed by atoms with Gasteiger partial charge in [-0.15, -0.1) is 0 Å². The van der Waals surface area contributed by atoms with E-state index in [-0.39, 0.29) is 42.2 Å². The maximum Gasteiger partial charge on any atom is 1.00 e. The Hall–Kier alpha value is -1.29. The van der Waals surface area contributed by atoms with Crippen molar-refractivity contribution in [3.63, 3.8) is 0 Å². The van der Waals surface area contributed by atoms with Gasteiger partial charge in [0.1, 0.15) is 5.75 Å². The van der Waals surface area contributed by atoms with Crippen LogP contribution in [0.1, 0.15) is 39.9 Å². The first-order valence-corrected chi connectivity index (χ1v) is 11.7. The predicted molar refractivity (Wildman–Crippen MR) is 120 cm³/mol. The second kappa shape index (κ2) is 10.3. The van der Waals surface area contributed by atoms with E-state index < -0.39 is 16.6 Å². The van der Waals surface area contributed by atoms with E-state index in [1.165, 1.54) is 0 Å².